The molecule has 70 valence electrons. The van der Waals surface area contributed by atoms with Crippen LogP contribution < -0.4 is 0 Å². The van der Waals surface area contributed by atoms with Gasteiger partial charge in [-0.25, -0.2) is 0 Å². The molecule has 0 aromatic carbocycles. The molecule has 0 radical (unpaired) electrons. The van der Waals surface area contributed by atoms with Gasteiger partial charge in [0.25, 0.3) is 0 Å². The van der Waals surface area contributed by atoms with Crippen LogP contribution in [0.2, 0.25) is 0 Å². The van der Waals surface area contributed by atoms with Gasteiger partial charge in [-0.1, -0.05) is 0 Å². The maximum absolute atomic E-state index is 11.8. The lowest BCUT2D eigenvalue weighted by Gasteiger charge is -2.18. The molecule has 1 fully saturated rings. The molecule has 2 heterocycles. The zero-order valence-corrected chi connectivity index (χ0v) is 8.70. The van der Waals surface area contributed by atoms with E-state index < -0.39 is 0 Å². The molecule has 1 aliphatic heterocycles. The van der Waals surface area contributed by atoms with Crippen LogP contribution in [0.25, 0.3) is 0 Å². The highest BCUT2D eigenvalue weighted by atomic mass is 32.2. The molecule has 0 N–H and O–H groups in total. The van der Waals surface area contributed by atoms with Crippen LogP contribution in [0.4, 0.5) is 0 Å². The highest BCUT2D eigenvalue weighted by Gasteiger charge is 2.23. The highest BCUT2D eigenvalue weighted by Crippen LogP contribution is 2.26. The number of furan rings is 1. The van der Waals surface area contributed by atoms with Crippen molar-refractivity contribution in [2.45, 2.75) is 5.25 Å². The van der Waals surface area contributed by atoms with Crippen molar-refractivity contribution in [2.75, 3.05) is 17.3 Å². The molecule has 0 bridgehead atoms. The Morgan fingerprint density at radius 1 is 1.54 bits per heavy atom. The number of ketones is 1. The lowest BCUT2D eigenvalue weighted by molar-refractivity contribution is 0.0994. The molecule has 1 aromatic rings. The molecule has 0 saturated carbocycles. The van der Waals surface area contributed by atoms with E-state index in [1.165, 1.54) is 12.0 Å². The molecule has 1 saturated heterocycles. The summed E-state index contributed by atoms with van der Waals surface area (Å²) in [6.07, 6.45) is 3.08. The lowest BCUT2D eigenvalue weighted by atomic mass is 10.2. The van der Waals surface area contributed by atoms with E-state index in [1.54, 1.807) is 24.1 Å². The van der Waals surface area contributed by atoms with Crippen LogP contribution >= 0.6 is 23.5 Å². The van der Waals surface area contributed by atoms with Gasteiger partial charge >= 0.3 is 0 Å². The molecule has 2 rings (SSSR count). The number of thioether (sulfide) groups is 2. The topological polar surface area (TPSA) is 30.2 Å². The maximum Gasteiger partial charge on any atom is 0.179 e. The number of hydrogen-bond donors (Lipinski definition) is 0. The van der Waals surface area contributed by atoms with Gasteiger partial charge in [-0.15, -0.1) is 11.8 Å². The van der Waals surface area contributed by atoms with Crippen molar-refractivity contribution >= 4 is 29.3 Å². The van der Waals surface area contributed by atoms with Crippen LogP contribution in [-0.4, -0.2) is 28.3 Å². The van der Waals surface area contributed by atoms with Gasteiger partial charge in [-0.05, 0) is 6.07 Å². The fraction of sp³-hybridized carbons (Fsp3) is 0.444. The molecule has 1 unspecified atom stereocenters. The number of carbonyl (C=O) groups excluding carboxylic acids is 1. The first-order chi connectivity index (χ1) is 6.38. The Bertz CT molecular complexity index is 276. The molecule has 0 spiro atoms. The SMILES string of the molecule is O=C(c1ccoc1)C1CSCCS1. The molecule has 1 atom stereocenters. The highest BCUT2D eigenvalue weighted by molar-refractivity contribution is 8.07. The summed E-state index contributed by atoms with van der Waals surface area (Å²) in [6.45, 7) is 0. The second kappa shape index (κ2) is 4.24. The van der Waals surface area contributed by atoms with Gasteiger partial charge < -0.3 is 4.42 Å². The van der Waals surface area contributed by atoms with Crippen molar-refractivity contribution in [3.05, 3.63) is 24.2 Å². The van der Waals surface area contributed by atoms with Gasteiger partial charge in [-0.2, -0.15) is 11.8 Å². The summed E-state index contributed by atoms with van der Waals surface area (Å²) < 4.78 is 4.89. The molecule has 4 heteroatoms. The van der Waals surface area contributed by atoms with Crippen LogP contribution in [0.1, 0.15) is 10.4 Å². The Morgan fingerprint density at radius 3 is 3.08 bits per heavy atom. The lowest BCUT2D eigenvalue weighted by Crippen LogP contribution is -2.23. The quantitative estimate of drug-likeness (QED) is 0.707. The van der Waals surface area contributed by atoms with E-state index in [0.29, 0.717) is 5.56 Å². The van der Waals surface area contributed by atoms with E-state index in [1.807, 2.05) is 11.8 Å². The molecule has 0 aliphatic carbocycles. The summed E-state index contributed by atoms with van der Waals surface area (Å²) >= 11 is 3.61. The fourth-order valence-electron chi connectivity index (χ4n) is 1.23. The van der Waals surface area contributed by atoms with E-state index in [4.69, 9.17) is 4.42 Å². The number of rotatable bonds is 2. The summed E-state index contributed by atoms with van der Waals surface area (Å²) in [5, 5.41) is 0.136. The number of Topliss-reactive ketones (excluding diaryl/α,β-unsaturated/α-hetero) is 1. The molecular formula is C9H10O2S2. The minimum absolute atomic E-state index is 0.136. The van der Waals surface area contributed by atoms with Crippen LogP contribution in [0, 0.1) is 0 Å². The Labute approximate surface area is 85.5 Å². The summed E-state index contributed by atoms with van der Waals surface area (Å²) in [7, 11) is 0. The van der Waals surface area contributed by atoms with Crippen LogP contribution in [0.3, 0.4) is 0 Å². The number of carbonyl (C=O) groups is 1. The Balaban J connectivity index is 2.04. The minimum atomic E-state index is 0.136. The first-order valence-electron chi connectivity index (χ1n) is 4.13. The zero-order valence-electron chi connectivity index (χ0n) is 7.06. The third kappa shape index (κ3) is 2.11. The molecular weight excluding hydrogens is 204 g/mol. The molecule has 1 aliphatic rings. The van der Waals surface area contributed by atoms with Gasteiger partial charge in [0, 0.05) is 17.3 Å². The van der Waals surface area contributed by atoms with E-state index in [2.05, 4.69) is 0 Å². The van der Waals surface area contributed by atoms with Gasteiger partial charge in [-0.3, -0.25) is 4.79 Å². The molecule has 13 heavy (non-hydrogen) atoms. The summed E-state index contributed by atoms with van der Waals surface area (Å²) in [4.78, 5) is 11.8. The van der Waals surface area contributed by atoms with Crippen LogP contribution in [-0.2, 0) is 0 Å². The largest absolute Gasteiger partial charge is 0.472 e. The van der Waals surface area contributed by atoms with Gasteiger partial charge in [0.1, 0.15) is 6.26 Å². The predicted molar refractivity (Wildman–Crippen MR) is 56.6 cm³/mol. The summed E-state index contributed by atoms with van der Waals surface area (Å²) in [6, 6.07) is 1.74. The van der Waals surface area contributed by atoms with Gasteiger partial charge in [0.15, 0.2) is 5.78 Å². The molecule has 1 aromatic heterocycles. The normalized spacial score (nSPS) is 22.9. The van der Waals surface area contributed by atoms with Crippen molar-refractivity contribution < 1.29 is 9.21 Å². The fourth-order valence-corrected chi connectivity index (χ4v) is 3.86. The standard InChI is InChI=1S/C9H10O2S2/c10-9(7-1-2-11-5-7)8-6-12-3-4-13-8/h1-2,5,8H,3-4,6H2. The second-order valence-electron chi connectivity index (χ2n) is 2.81. The Hall–Kier alpha value is -0.350. The van der Waals surface area contributed by atoms with Crippen molar-refractivity contribution in [1.82, 2.24) is 0 Å². The van der Waals surface area contributed by atoms with E-state index in [9.17, 15) is 4.79 Å². The van der Waals surface area contributed by atoms with E-state index in [0.717, 1.165) is 11.5 Å². The van der Waals surface area contributed by atoms with Crippen molar-refractivity contribution in [3.8, 4) is 0 Å². The monoisotopic (exact) mass is 214 g/mol. The smallest absolute Gasteiger partial charge is 0.179 e. The molecule has 2 nitrogen and oxygen atoms in total. The maximum atomic E-state index is 11.8. The summed E-state index contributed by atoms with van der Waals surface area (Å²) in [5.41, 5.74) is 0.708. The first kappa shape index (κ1) is 9.21. The van der Waals surface area contributed by atoms with E-state index in [-0.39, 0.29) is 11.0 Å². The van der Waals surface area contributed by atoms with Crippen molar-refractivity contribution in [2.24, 2.45) is 0 Å². The van der Waals surface area contributed by atoms with Crippen LogP contribution in [0.15, 0.2) is 23.0 Å². The Morgan fingerprint density at radius 2 is 2.46 bits per heavy atom. The van der Waals surface area contributed by atoms with E-state index >= 15 is 0 Å². The average molecular weight is 214 g/mol. The third-order valence-electron chi connectivity index (χ3n) is 1.91. The Kier molecular flexibility index (Phi) is 3.01. The average Bonchev–Trinajstić information content (AvgIpc) is 2.71. The van der Waals surface area contributed by atoms with Gasteiger partial charge in [0.05, 0.1) is 17.1 Å². The van der Waals surface area contributed by atoms with Crippen molar-refractivity contribution in [3.63, 3.8) is 0 Å². The third-order valence-corrected chi connectivity index (χ3v) is 4.67. The first-order valence-corrected chi connectivity index (χ1v) is 6.34. The predicted octanol–water partition coefficient (Wildman–Crippen LogP) is 2.31. The van der Waals surface area contributed by atoms with Crippen LogP contribution in [0.5, 0.6) is 0 Å². The zero-order chi connectivity index (χ0) is 9.10. The summed E-state index contributed by atoms with van der Waals surface area (Å²) in [5.74, 6) is 3.40. The molecule has 0 amide bonds. The number of hydrogen-bond acceptors (Lipinski definition) is 4. The second-order valence-corrected chi connectivity index (χ2v) is 5.27. The van der Waals surface area contributed by atoms with Gasteiger partial charge in [0.2, 0.25) is 0 Å². The minimum Gasteiger partial charge on any atom is -0.472 e. The van der Waals surface area contributed by atoms with Crippen molar-refractivity contribution in [1.29, 1.82) is 0 Å².